The van der Waals surface area contributed by atoms with Crippen molar-refractivity contribution in [1.29, 1.82) is 0 Å². The van der Waals surface area contributed by atoms with Gasteiger partial charge in [0, 0.05) is 13.0 Å². The van der Waals surface area contributed by atoms with Crippen LogP contribution >= 0.6 is 0 Å². The van der Waals surface area contributed by atoms with Crippen molar-refractivity contribution in [3.63, 3.8) is 0 Å². The van der Waals surface area contributed by atoms with Crippen molar-refractivity contribution >= 4 is 17.7 Å². The molecule has 0 fully saturated rings. The van der Waals surface area contributed by atoms with E-state index in [1.807, 2.05) is 0 Å². The third-order valence-electron chi connectivity index (χ3n) is 8.74. The summed E-state index contributed by atoms with van der Waals surface area (Å²) in [5.74, 6) is -0.454. The van der Waals surface area contributed by atoms with E-state index in [0.29, 0.717) is 25.9 Å². The van der Waals surface area contributed by atoms with Crippen LogP contribution in [0, 0.1) is 5.92 Å². The first-order valence-electron chi connectivity index (χ1n) is 18.3. The normalized spacial score (nSPS) is 12.8. The molecule has 0 unspecified atom stereocenters. The van der Waals surface area contributed by atoms with Gasteiger partial charge in [0.15, 0.2) is 17.3 Å². The molecule has 0 rings (SSSR count). The van der Waals surface area contributed by atoms with Crippen molar-refractivity contribution in [1.82, 2.24) is 5.32 Å². The molecule has 0 aromatic rings. The van der Waals surface area contributed by atoms with Crippen LogP contribution in [0.25, 0.3) is 0 Å². The fourth-order valence-corrected chi connectivity index (χ4v) is 5.91. The summed E-state index contributed by atoms with van der Waals surface area (Å²) in [5.41, 5.74) is 9.32. The molecule has 0 aromatic carbocycles. The molecule has 0 heterocycles. The van der Waals surface area contributed by atoms with E-state index in [4.69, 9.17) is 11.5 Å². The van der Waals surface area contributed by atoms with Crippen LogP contribution < -0.4 is 16.8 Å². The van der Waals surface area contributed by atoms with E-state index in [9.17, 15) is 14.7 Å². The summed E-state index contributed by atoms with van der Waals surface area (Å²) in [4.78, 5) is 29.8. The number of carbonyl (C=O) groups excluding carboxylic acids is 1. The SMILES string of the molecule is CCCCCCCCCCCC(=O)[C@@](CCCN=C(N)N)(NCCCCCCCCCCCCCCCC(C)C)C(=O)O. The summed E-state index contributed by atoms with van der Waals surface area (Å²) in [7, 11) is 0. The maximum absolute atomic E-state index is 13.3. The predicted octanol–water partition coefficient (Wildman–Crippen LogP) is 9.06. The van der Waals surface area contributed by atoms with E-state index in [2.05, 4.69) is 31.1 Å². The van der Waals surface area contributed by atoms with Crippen LogP contribution in [0.5, 0.6) is 0 Å². The van der Waals surface area contributed by atoms with Gasteiger partial charge in [-0.25, -0.2) is 4.79 Å². The highest BCUT2D eigenvalue weighted by atomic mass is 16.4. The number of aliphatic carboxylic acids is 1. The first-order chi connectivity index (χ1) is 20.8. The second kappa shape index (κ2) is 29.1. The van der Waals surface area contributed by atoms with Crippen LogP contribution in [0.4, 0.5) is 0 Å². The number of aliphatic imine (C=N–C) groups is 1. The summed E-state index contributed by atoms with van der Waals surface area (Å²) < 4.78 is 0. The van der Waals surface area contributed by atoms with Crippen LogP contribution in [-0.4, -0.2) is 41.4 Å². The number of hydrogen-bond donors (Lipinski definition) is 4. The number of rotatable bonds is 33. The first kappa shape index (κ1) is 41.4. The van der Waals surface area contributed by atoms with E-state index in [0.717, 1.165) is 44.4 Å². The minimum absolute atomic E-state index is 0.0116. The Balaban J connectivity index is 4.31. The smallest absolute Gasteiger partial charge is 0.331 e. The number of guanidine groups is 1. The van der Waals surface area contributed by atoms with Crippen molar-refractivity contribution in [2.24, 2.45) is 22.4 Å². The summed E-state index contributed by atoms with van der Waals surface area (Å²) in [6.45, 7) is 7.71. The lowest BCUT2D eigenvalue weighted by Gasteiger charge is -2.29. The molecular formula is C36H72N4O3. The lowest BCUT2D eigenvalue weighted by atomic mass is 9.85. The van der Waals surface area contributed by atoms with Gasteiger partial charge in [-0.1, -0.05) is 156 Å². The Hall–Kier alpha value is -1.63. The highest BCUT2D eigenvalue weighted by Crippen LogP contribution is 2.21. The number of unbranched alkanes of at least 4 members (excludes halogenated alkanes) is 20. The zero-order chi connectivity index (χ0) is 32.0. The highest BCUT2D eigenvalue weighted by Gasteiger charge is 2.44. The van der Waals surface area contributed by atoms with Crippen LogP contribution in [0.2, 0.25) is 0 Å². The Bertz CT molecular complexity index is 694. The number of nitrogens with zero attached hydrogens (tertiary/aromatic N) is 1. The maximum Gasteiger partial charge on any atom is 0.331 e. The molecule has 43 heavy (non-hydrogen) atoms. The fraction of sp³-hybridized carbons (Fsp3) is 0.917. The van der Waals surface area contributed by atoms with Gasteiger partial charge >= 0.3 is 5.97 Å². The number of nitrogens with one attached hydrogen (secondary N) is 1. The van der Waals surface area contributed by atoms with Gasteiger partial charge in [-0.15, -0.1) is 0 Å². The quantitative estimate of drug-likeness (QED) is 0.0254. The molecule has 0 aliphatic heterocycles. The molecule has 0 amide bonds. The Morgan fingerprint density at radius 3 is 1.56 bits per heavy atom. The molecule has 1 atom stereocenters. The lowest BCUT2D eigenvalue weighted by Crippen LogP contribution is -2.58. The number of carbonyl (C=O) groups is 2. The van der Waals surface area contributed by atoms with Gasteiger partial charge in [-0.3, -0.25) is 15.1 Å². The summed E-state index contributed by atoms with van der Waals surface area (Å²) >= 11 is 0. The second-order valence-corrected chi connectivity index (χ2v) is 13.3. The number of carboxylic acids is 1. The monoisotopic (exact) mass is 609 g/mol. The highest BCUT2D eigenvalue weighted by molar-refractivity contribution is 6.07. The summed E-state index contributed by atoms with van der Waals surface area (Å²) in [6.07, 6.45) is 29.3. The fourth-order valence-electron chi connectivity index (χ4n) is 5.91. The number of ketones is 1. The predicted molar refractivity (Wildman–Crippen MR) is 185 cm³/mol. The number of hydrogen-bond acceptors (Lipinski definition) is 4. The number of nitrogens with two attached hydrogens (primary N) is 2. The van der Waals surface area contributed by atoms with E-state index in [1.54, 1.807) is 0 Å². The molecule has 0 saturated heterocycles. The minimum Gasteiger partial charge on any atom is -0.480 e. The van der Waals surface area contributed by atoms with Crippen LogP contribution in [0.1, 0.15) is 188 Å². The van der Waals surface area contributed by atoms with Crippen LogP contribution in [0.3, 0.4) is 0 Å². The van der Waals surface area contributed by atoms with Gasteiger partial charge < -0.3 is 16.6 Å². The first-order valence-corrected chi connectivity index (χ1v) is 18.3. The van der Waals surface area contributed by atoms with E-state index < -0.39 is 11.5 Å². The van der Waals surface area contributed by atoms with Crippen molar-refractivity contribution in [2.45, 2.75) is 193 Å². The molecule has 0 radical (unpaired) electrons. The number of carboxylic acid groups (broad SMARTS) is 1. The van der Waals surface area contributed by atoms with Crippen LogP contribution in [-0.2, 0) is 9.59 Å². The average molecular weight is 609 g/mol. The Morgan fingerprint density at radius 1 is 0.674 bits per heavy atom. The second-order valence-electron chi connectivity index (χ2n) is 13.3. The molecule has 0 bridgehead atoms. The Labute approximate surface area is 266 Å². The molecule has 0 saturated carbocycles. The molecule has 254 valence electrons. The Kier molecular flexibility index (Phi) is 28.0. The van der Waals surface area contributed by atoms with Crippen molar-refractivity contribution in [3.05, 3.63) is 0 Å². The Morgan fingerprint density at radius 2 is 1.12 bits per heavy atom. The summed E-state index contributed by atoms with van der Waals surface area (Å²) in [5, 5.41) is 13.4. The third kappa shape index (κ3) is 24.4. The van der Waals surface area contributed by atoms with Gasteiger partial charge in [0.25, 0.3) is 0 Å². The zero-order valence-corrected chi connectivity index (χ0v) is 28.7. The average Bonchev–Trinajstić information content (AvgIpc) is 2.96. The molecule has 0 aromatic heterocycles. The topological polar surface area (TPSA) is 131 Å². The van der Waals surface area contributed by atoms with Crippen LogP contribution in [0.15, 0.2) is 4.99 Å². The van der Waals surface area contributed by atoms with Crippen molar-refractivity contribution < 1.29 is 14.7 Å². The largest absolute Gasteiger partial charge is 0.480 e. The van der Waals surface area contributed by atoms with Crippen molar-refractivity contribution in [2.75, 3.05) is 13.1 Å². The van der Waals surface area contributed by atoms with E-state index in [-0.39, 0.29) is 18.2 Å². The van der Waals surface area contributed by atoms with Gasteiger partial charge in [0.05, 0.1) is 0 Å². The minimum atomic E-state index is -1.55. The third-order valence-corrected chi connectivity index (χ3v) is 8.74. The van der Waals surface area contributed by atoms with E-state index >= 15 is 0 Å². The standard InChI is InChI=1S/C36H72N4O3/c1-4-5-6-7-8-14-18-21-24-28-33(41)36(34(42)43,29-26-30-39-35(37)38)40-31-25-22-19-16-13-11-9-10-12-15-17-20-23-27-32(2)3/h32,40H,4-31H2,1-3H3,(H,42,43)(H4,37,38,39)/t36-/m1/s1. The van der Waals surface area contributed by atoms with Gasteiger partial charge in [0.2, 0.25) is 0 Å². The van der Waals surface area contributed by atoms with Gasteiger partial charge in [-0.05, 0) is 38.1 Å². The summed E-state index contributed by atoms with van der Waals surface area (Å²) in [6, 6.07) is 0. The maximum atomic E-state index is 13.3. The molecule has 0 aliphatic rings. The zero-order valence-electron chi connectivity index (χ0n) is 28.7. The molecule has 7 heteroatoms. The lowest BCUT2D eigenvalue weighted by molar-refractivity contribution is -0.150. The number of Topliss-reactive ketones (excluding diaryl/α,β-unsaturated/α-hetero) is 1. The molecule has 0 aliphatic carbocycles. The van der Waals surface area contributed by atoms with E-state index in [1.165, 1.54) is 109 Å². The van der Waals surface area contributed by atoms with Gasteiger partial charge in [-0.2, -0.15) is 0 Å². The van der Waals surface area contributed by atoms with Gasteiger partial charge in [0.1, 0.15) is 0 Å². The molecular weight excluding hydrogens is 536 g/mol. The molecule has 0 spiro atoms. The molecule has 6 N–H and O–H groups in total. The molecule has 7 nitrogen and oxygen atoms in total. The van der Waals surface area contributed by atoms with Crippen molar-refractivity contribution in [3.8, 4) is 0 Å².